The Morgan fingerprint density at radius 2 is 1.41 bits per heavy atom. The summed E-state index contributed by atoms with van der Waals surface area (Å²) in [5.41, 5.74) is 3.07. The van der Waals surface area contributed by atoms with Gasteiger partial charge in [-0.25, -0.2) is 9.05 Å². The highest BCUT2D eigenvalue weighted by molar-refractivity contribution is 7.34. The van der Waals surface area contributed by atoms with Gasteiger partial charge in [0.05, 0.1) is 0 Å². The van der Waals surface area contributed by atoms with E-state index in [1.807, 2.05) is 50.2 Å². The molecule has 0 aromatic heterocycles. The molecule has 0 N–H and O–H groups in total. The van der Waals surface area contributed by atoms with Crippen LogP contribution < -0.4 is 9.05 Å². The van der Waals surface area contributed by atoms with Gasteiger partial charge in [0, 0.05) is 16.5 Å². The number of aryl methyl sites for hydroxylation is 2. The fourth-order valence-electron chi connectivity index (χ4n) is 2.80. The third kappa shape index (κ3) is 5.02. The van der Waals surface area contributed by atoms with Crippen molar-refractivity contribution < 1.29 is 18.4 Å². The standard InChI is InChI=1S/C22H20O4P/c1-16-13-19(21(23)15-18-9-5-3-6-10-18)14-17(2)22(16)26-27(24)25-20-11-7-4-8-12-20/h3-14H,15H2,1-2H3/q+1. The van der Waals surface area contributed by atoms with E-state index in [0.29, 0.717) is 23.5 Å². The number of para-hydroxylation sites is 1. The zero-order chi connectivity index (χ0) is 19.2. The number of carbonyl (C=O) groups excluding carboxylic acids is 1. The molecule has 4 nitrogen and oxygen atoms in total. The van der Waals surface area contributed by atoms with Gasteiger partial charge >= 0.3 is 8.25 Å². The predicted molar refractivity (Wildman–Crippen MR) is 106 cm³/mol. The molecule has 0 fully saturated rings. The molecule has 5 heteroatoms. The Bertz CT molecular complexity index is 930. The first-order valence-corrected chi connectivity index (χ1v) is 9.69. The quantitative estimate of drug-likeness (QED) is 0.382. The zero-order valence-corrected chi connectivity index (χ0v) is 16.1. The molecule has 0 aliphatic heterocycles. The highest BCUT2D eigenvalue weighted by Crippen LogP contribution is 2.35. The van der Waals surface area contributed by atoms with Crippen molar-refractivity contribution in [2.45, 2.75) is 20.3 Å². The van der Waals surface area contributed by atoms with Gasteiger partial charge in [-0.15, -0.1) is 0 Å². The lowest BCUT2D eigenvalue weighted by Gasteiger charge is -2.08. The van der Waals surface area contributed by atoms with E-state index < -0.39 is 8.25 Å². The second-order valence-electron chi connectivity index (χ2n) is 6.24. The molecule has 0 aliphatic carbocycles. The topological polar surface area (TPSA) is 52.6 Å². The summed E-state index contributed by atoms with van der Waals surface area (Å²) >= 11 is 0. The number of hydrogen-bond acceptors (Lipinski definition) is 4. The number of carbonyl (C=O) groups is 1. The number of ketones is 1. The van der Waals surface area contributed by atoms with Crippen LogP contribution in [0.4, 0.5) is 0 Å². The molecule has 1 unspecified atom stereocenters. The molecule has 0 aliphatic rings. The Hall–Kier alpha value is -2.97. The summed E-state index contributed by atoms with van der Waals surface area (Å²) in [4.78, 5) is 12.6. The van der Waals surface area contributed by atoms with Gasteiger partial charge in [-0.1, -0.05) is 48.5 Å². The Morgan fingerprint density at radius 1 is 0.852 bits per heavy atom. The largest absolute Gasteiger partial charge is 0.805 e. The van der Waals surface area contributed by atoms with E-state index in [1.54, 1.807) is 36.4 Å². The molecule has 3 aromatic rings. The summed E-state index contributed by atoms with van der Waals surface area (Å²) in [5, 5.41) is 0. The van der Waals surface area contributed by atoms with Gasteiger partial charge in [-0.2, -0.15) is 0 Å². The fraction of sp³-hybridized carbons (Fsp3) is 0.136. The zero-order valence-electron chi connectivity index (χ0n) is 15.2. The molecule has 1 atom stereocenters. The van der Waals surface area contributed by atoms with Crippen LogP contribution in [-0.4, -0.2) is 5.78 Å². The number of rotatable bonds is 7. The summed E-state index contributed by atoms with van der Waals surface area (Å²) < 4.78 is 23.0. The molecule has 0 radical (unpaired) electrons. The van der Waals surface area contributed by atoms with Gasteiger partial charge < -0.3 is 0 Å². The SMILES string of the molecule is Cc1cc(C(=O)Cc2ccccc2)cc(C)c1O[P+](=O)Oc1ccccc1. The smallest absolute Gasteiger partial charge is 0.294 e. The first-order valence-electron chi connectivity index (χ1n) is 8.59. The van der Waals surface area contributed by atoms with Gasteiger partial charge in [0.2, 0.25) is 0 Å². The van der Waals surface area contributed by atoms with Crippen molar-refractivity contribution in [3.8, 4) is 11.5 Å². The summed E-state index contributed by atoms with van der Waals surface area (Å²) in [5.74, 6) is 0.982. The average molecular weight is 379 g/mol. The van der Waals surface area contributed by atoms with Crippen LogP contribution in [0.1, 0.15) is 27.0 Å². The first kappa shape index (κ1) is 18.8. The molecular formula is C22H20O4P+. The summed E-state index contributed by atoms with van der Waals surface area (Å²) in [6, 6.07) is 22.0. The van der Waals surface area contributed by atoms with E-state index in [2.05, 4.69) is 0 Å². The lowest BCUT2D eigenvalue weighted by Crippen LogP contribution is -2.05. The Morgan fingerprint density at radius 3 is 2.00 bits per heavy atom. The molecule has 3 aromatic carbocycles. The number of Topliss-reactive ketones (excluding diaryl/α,β-unsaturated/α-hetero) is 1. The Kier molecular flexibility index (Phi) is 6.00. The predicted octanol–water partition coefficient (Wildman–Crippen LogP) is 5.84. The fourth-order valence-corrected chi connectivity index (χ4v) is 3.57. The average Bonchev–Trinajstić information content (AvgIpc) is 2.66. The van der Waals surface area contributed by atoms with Crippen LogP contribution in [0, 0.1) is 13.8 Å². The van der Waals surface area contributed by atoms with E-state index >= 15 is 0 Å². The third-order valence-electron chi connectivity index (χ3n) is 4.08. The Labute approximate surface area is 159 Å². The van der Waals surface area contributed by atoms with Crippen molar-refractivity contribution in [3.63, 3.8) is 0 Å². The van der Waals surface area contributed by atoms with Crippen LogP contribution in [0.15, 0.2) is 72.8 Å². The van der Waals surface area contributed by atoms with E-state index in [0.717, 1.165) is 16.7 Å². The van der Waals surface area contributed by atoms with Crippen molar-refractivity contribution in [2.75, 3.05) is 0 Å². The minimum atomic E-state index is -2.37. The van der Waals surface area contributed by atoms with Crippen molar-refractivity contribution in [1.29, 1.82) is 0 Å². The molecule has 0 amide bonds. The van der Waals surface area contributed by atoms with Gasteiger partial charge in [-0.05, 0) is 54.8 Å². The van der Waals surface area contributed by atoms with Crippen LogP contribution in [0.25, 0.3) is 0 Å². The van der Waals surface area contributed by atoms with Gasteiger partial charge in [0.1, 0.15) is 0 Å². The lowest BCUT2D eigenvalue weighted by molar-refractivity contribution is 0.0993. The van der Waals surface area contributed by atoms with Crippen LogP contribution in [-0.2, 0) is 11.0 Å². The number of hydrogen-bond donors (Lipinski definition) is 0. The molecule has 27 heavy (non-hydrogen) atoms. The summed E-state index contributed by atoms with van der Waals surface area (Å²) in [6.07, 6.45) is 0.339. The molecule has 0 saturated carbocycles. The van der Waals surface area contributed by atoms with Crippen LogP contribution in [0.2, 0.25) is 0 Å². The summed E-state index contributed by atoms with van der Waals surface area (Å²) in [6.45, 7) is 3.65. The molecule has 0 saturated heterocycles. The molecule has 0 heterocycles. The van der Waals surface area contributed by atoms with E-state index in [1.165, 1.54) is 0 Å². The van der Waals surface area contributed by atoms with Crippen molar-refractivity contribution in [2.24, 2.45) is 0 Å². The minimum Gasteiger partial charge on any atom is -0.294 e. The van der Waals surface area contributed by atoms with Gasteiger partial charge in [0.25, 0.3) is 0 Å². The second-order valence-corrected chi connectivity index (χ2v) is 7.06. The minimum absolute atomic E-state index is 0.0314. The molecule has 136 valence electrons. The van der Waals surface area contributed by atoms with Crippen LogP contribution >= 0.6 is 8.25 Å². The summed E-state index contributed by atoms with van der Waals surface area (Å²) in [7, 11) is -2.37. The maximum absolute atomic E-state index is 12.6. The first-order chi connectivity index (χ1) is 13.0. The molecular weight excluding hydrogens is 359 g/mol. The normalized spacial score (nSPS) is 11.0. The van der Waals surface area contributed by atoms with Crippen LogP contribution in [0.3, 0.4) is 0 Å². The monoisotopic (exact) mass is 379 g/mol. The van der Waals surface area contributed by atoms with Crippen molar-refractivity contribution in [3.05, 3.63) is 95.1 Å². The molecule has 0 spiro atoms. The molecule has 3 rings (SSSR count). The van der Waals surface area contributed by atoms with E-state index in [4.69, 9.17) is 9.05 Å². The second kappa shape index (κ2) is 8.61. The van der Waals surface area contributed by atoms with Crippen molar-refractivity contribution >= 4 is 14.0 Å². The highest BCUT2D eigenvalue weighted by Gasteiger charge is 2.27. The highest BCUT2D eigenvalue weighted by atomic mass is 31.1. The van der Waals surface area contributed by atoms with E-state index in [-0.39, 0.29) is 5.78 Å². The Balaban J connectivity index is 1.72. The third-order valence-corrected chi connectivity index (χ3v) is 4.77. The van der Waals surface area contributed by atoms with E-state index in [9.17, 15) is 9.36 Å². The molecule has 0 bridgehead atoms. The van der Waals surface area contributed by atoms with Gasteiger partial charge in [0.15, 0.2) is 17.3 Å². The lowest BCUT2D eigenvalue weighted by atomic mass is 9.99. The van der Waals surface area contributed by atoms with Crippen LogP contribution in [0.5, 0.6) is 11.5 Å². The number of benzene rings is 3. The maximum atomic E-state index is 12.6. The van der Waals surface area contributed by atoms with Crippen molar-refractivity contribution in [1.82, 2.24) is 0 Å². The maximum Gasteiger partial charge on any atom is 0.805 e. The van der Waals surface area contributed by atoms with Gasteiger partial charge in [-0.3, -0.25) is 4.79 Å².